The van der Waals surface area contributed by atoms with Crippen LogP contribution in [0, 0.1) is 5.92 Å². The second kappa shape index (κ2) is 7.17. The summed E-state index contributed by atoms with van der Waals surface area (Å²) in [6.45, 7) is 0. The maximum absolute atomic E-state index is 13.1. The minimum absolute atomic E-state index is 0.0351. The molecule has 2 atom stereocenters. The molecule has 3 heteroatoms. The van der Waals surface area contributed by atoms with Gasteiger partial charge in [0.15, 0.2) is 0 Å². The Morgan fingerprint density at radius 2 is 1.40 bits per heavy atom. The molecule has 30 heavy (non-hydrogen) atoms. The molecule has 3 aromatic carbocycles. The summed E-state index contributed by atoms with van der Waals surface area (Å²) in [6.07, 6.45) is 4.03. The summed E-state index contributed by atoms with van der Waals surface area (Å²) >= 11 is 0. The number of alkyl halides is 3. The molecule has 0 saturated carbocycles. The lowest BCUT2D eigenvalue weighted by molar-refractivity contribution is -0.137. The Kier molecular flexibility index (Phi) is 4.47. The van der Waals surface area contributed by atoms with Crippen molar-refractivity contribution in [3.05, 3.63) is 137 Å². The highest BCUT2D eigenvalue weighted by molar-refractivity contribution is 5.88. The van der Waals surface area contributed by atoms with E-state index >= 15 is 0 Å². The van der Waals surface area contributed by atoms with Gasteiger partial charge in [-0.2, -0.15) is 13.2 Å². The number of allylic oxidation sites excluding steroid dienone is 5. The third-order valence-corrected chi connectivity index (χ3v) is 5.94. The van der Waals surface area contributed by atoms with Crippen molar-refractivity contribution >= 4 is 5.57 Å². The summed E-state index contributed by atoms with van der Waals surface area (Å²) in [5, 5.41) is 0. The molecule has 0 radical (unpaired) electrons. The van der Waals surface area contributed by atoms with E-state index in [0.717, 1.165) is 22.3 Å². The van der Waals surface area contributed by atoms with E-state index in [1.807, 2.05) is 42.5 Å². The summed E-state index contributed by atoms with van der Waals surface area (Å²) in [7, 11) is 0. The first-order chi connectivity index (χ1) is 14.5. The van der Waals surface area contributed by atoms with E-state index in [9.17, 15) is 13.2 Å². The zero-order valence-corrected chi connectivity index (χ0v) is 16.1. The van der Waals surface area contributed by atoms with Crippen molar-refractivity contribution in [1.82, 2.24) is 0 Å². The summed E-state index contributed by atoms with van der Waals surface area (Å²) in [5.41, 5.74) is 6.10. The SMILES string of the molecule is FC(F)(F)c1ccc(C2c3ccccc3C(c3ccccc3)=C3C=CC=CC32)cc1. The Bertz CT molecular complexity index is 1160. The van der Waals surface area contributed by atoms with Crippen molar-refractivity contribution in [3.8, 4) is 0 Å². The molecule has 0 N–H and O–H groups in total. The average Bonchev–Trinajstić information content (AvgIpc) is 2.77. The predicted molar refractivity (Wildman–Crippen MR) is 114 cm³/mol. The first-order valence-corrected chi connectivity index (χ1v) is 9.95. The molecule has 0 aliphatic heterocycles. The molecule has 5 rings (SSSR count). The fourth-order valence-corrected chi connectivity index (χ4v) is 4.64. The van der Waals surface area contributed by atoms with Gasteiger partial charge < -0.3 is 0 Å². The molecule has 0 nitrogen and oxygen atoms in total. The number of hydrogen-bond acceptors (Lipinski definition) is 0. The molecular weight excluding hydrogens is 381 g/mol. The van der Waals surface area contributed by atoms with Crippen molar-refractivity contribution in [3.63, 3.8) is 0 Å². The lowest BCUT2D eigenvalue weighted by atomic mass is 9.66. The van der Waals surface area contributed by atoms with E-state index in [4.69, 9.17) is 0 Å². The van der Waals surface area contributed by atoms with Gasteiger partial charge in [0.2, 0.25) is 0 Å². The van der Waals surface area contributed by atoms with Gasteiger partial charge in [-0.05, 0) is 45.5 Å². The third kappa shape index (κ3) is 3.11. The Morgan fingerprint density at radius 3 is 2.13 bits per heavy atom. The Morgan fingerprint density at radius 1 is 0.700 bits per heavy atom. The number of hydrogen-bond donors (Lipinski definition) is 0. The van der Waals surface area contributed by atoms with E-state index in [0.29, 0.717) is 0 Å². The van der Waals surface area contributed by atoms with Crippen LogP contribution in [-0.4, -0.2) is 0 Å². The first kappa shape index (κ1) is 18.7. The van der Waals surface area contributed by atoms with E-state index < -0.39 is 11.7 Å². The van der Waals surface area contributed by atoms with Crippen LogP contribution in [0.2, 0.25) is 0 Å². The fourth-order valence-electron chi connectivity index (χ4n) is 4.64. The third-order valence-electron chi connectivity index (χ3n) is 5.94. The van der Waals surface area contributed by atoms with Gasteiger partial charge in [0.05, 0.1) is 5.56 Å². The van der Waals surface area contributed by atoms with Gasteiger partial charge >= 0.3 is 6.18 Å². The highest BCUT2D eigenvalue weighted by atomic mass is 19.4. The lowest BCUT2D eigenvalue weighted by Crippen LogP contribution is -2.23. The molecular formula is C27H19F3. The van der Waals surface area contributed by atoms with E-state index in [2.05, 4.69) is 36.4 Å². The van der Waals surface area contributed by atoms with Crippen LogP contribution in [-0.2, 0) is 6.18 Å². The number of halogens is 3. The predicted octanol–water partition coefficient (Wildman–Crippen LogP) is 7.40. The maximum Gasteiger partial charge on any atom is 0.416 e. The summed E-state index contributed by atoms with van der Waals surface area (Å²) < 4.78 is 39.2. The second-order valence-electron chi connectivity index (χ2n) is 7.65. The van der Waals surface area contributed by atoms with E-state index in [1.165, 1.54) is 23.3 Å². The van der Waals surface area contributed by atoms with Crippen molar-refractivity contribution in [1.29, 1.82) is 0 Å². The van der Waals surface area contributed by atoms with Crippen LogP contribution >= 0.6 is 0 Å². The largest absolute Gasteiger partial charge is 0.416 e. The zero-order valence-electron chi connectivity index (χ0n) is 16.1. The van der Waals surface area contributed by atoms with Gasteiger partial charge in [-0.1, -0.05) is 91.0 Å². The molecule has 0 heterocycles. The molecule has 0 saturated heterocycles. The van der Waals surface area contributed by atoms with Crippen molar-refractivity contribution < 1.29 is 13.2 Å². The van der Waals surface area contributed by atoms with Gasteiger partial charge in [0, 0.05) is 11.8 Å². The minimum Gasteiger partial charge on any atom is -0.166 e. The molecule has 0 spiro atoms. The van der Waals surface area contributed by atoms with Gasteiger partial charge in [-0.15, -0.1) is 0 Å². The van der Waals surface area contributed by atoms with E-state index in [1.54, 1.807) is 12.1 Å². The second-order valence-corrected chi connectivity index (χ2v) is 7.65. The Labute approximate surface area is 173 Å². The molecule has 2 aliphatic carbocycles. The van der Waals surface area contributed by atoms with Gasteiger partial charge in [-0.3, -0.25) is 0 Å². The topological polar surface area (TPSA) is 0 Å². The summed E-state index contributed by atoms with van der Waals surface area (Å²) in [5.74, 6) is 0.0315. The monoisotopic (exact) mass is 400 g/mol. The van der Waals surface area contributed by atoms with Crippen LogP contribution in [0.15, 0.2) is 109 Å². The fraction of sp³-hybridized carbons (Fsp3) is 0.111. The standard InChI is InChI=1S/C27H19F3/c28-27(29,30)20-16-14-19(15-17-20)26-23-12-6-4-10-21(23)25(18-8-2-1-3-9-18)22-11-5-7-13-24(22)26/h1-17,23,26H. The van der Waals surface area contributed by atoms with Crippen LogP contribution in [0.3, 0.4) is 0 Å². The van der Waals surface area contributed by atoms with Crippen molar-refractivity contribution in [2.45, 2.75) is 12.1 Å². The Hall–Kier alpha value is -3.33. The number of benzene rings is 3. The molecule has 3 aromatic rings. The zero-order chi connectivity index (χ0) is 20.7. The minimum atomic E-state index is -4.33. The number of fused-ring (bicyclic) bond motifs is 2. The highest BCUT2D eigenvalue weighted by Gasteiger charge is 2.36. The van der Waals surface area contributed by atoms with Crippen LogP contribution < -0.4 is 0 Å². The van der Waals surface area contributed by atoms with Crippen LogP contribution in [0.1, 0.15) is 33.7 Å². The molecule has 2 aliphatic rings. The van der Waals surface area contributed by atoms with Crippen LogP contribution in [0.5, 0.6) is 0 Å². The summed E-state index contributed by atoms with van der Waals surface area (Å²) in [6, 6.07) is 24.2. The van der Waals surface area contributed by atoms with Crippen LogP contribution in [0.4, 0.5) is 13.2 Å². The normalized spacial score (nSPS) is 20.1. The quantitative estimate of drug-likeness (QED) is 0.421. The molecule has 0 bridgehead atoms. The Balaban J connectivity index is 1.71. The summed E-state index contributed by atoms with van der Waals surface area (Å²) in [4.78, 5) is 0. The first-order valence-electron chi connectivity index (χ1n) is 9.95. The number of rotatable bonds is 2. The van der Waals surface area contributed by atoms with Gasteiger partial charge in [0.25, 0.3) is 0 Å². The molecule has 2 unspecified atom stereocenters. The van der Waals surface area contributed by atoms with Gasteiger partial charge in [-0.25, -0.2) is 0 Å². The molecule has 148 valence electrons. The molecule has 0 amide bonds. The highest BCUT2D eigenvalue weighted by Crippen LogP contribution is 2.50. The van der Waals surface area contributed by atoms with Crippen molar-refractivity contribution in [2.75, 3.05) is 0 Å². The van der Waals surface area contributed by atoms with Crippen LogP contribution in [0.25, 0.3) is 5.57 Å². The molecule has 0 aromatic heterocycles. The smallest absolute Gasteiger partial charge is 0.166 e. The van der Waals surface area contributed by atoms with Crippen molar-refractivity contribution in [2.24, 2.45) is 5.92 Å². The van der Waals surface area contributed by atoms with E-state index in [-0.39, 0.29) is 11.8 Å². The molecule has 0 fully saturated rings. The lowest BCUT2D eigenvalue weighted by Gasteiger charge is -2.37. The maximum atomic E-state index is 13.1. The average molecular weight is 400 g/mol. The van der Waals surface area contributed by atoms with Gasteiger partial charge in [0.1, 0.15) is 0 Å².